The highest BCUT2D eigenvalue weighted by Gasteiger charge is 2.35. The van der Waals surface area contributed by atoms with Crippen molar-refractivity contribution in [2.75, 3.05) is 31.6 Å². The maximum absolute atomic E-state index is 13.0. The molecule has 41 heavy (non-hydrogen) atoms. The van der Waals surface area contributed by atoms with Crippen LogP contribution in [0.2, 0.25) is 0 Å². The van der Waals surface area contributed by atoms with Crippen molar-refractivity contribution >= 4 is 17.7 Å². The zero-order chi connectivity index (χ0) is 28.4. The quantitative estimate of drug-likeness (QED) is 0.389. The lowest BCUT2D eigenvalue weighted by molar-refractivity contribution is -0.111. The molecule has 218 valence electrons. The van der Waals surface area contributed by atoms with Gasteiger partial charge in [0.1, 0.15) is 0 Å². The third-order valence-corrected chi connectivity index (χ3v) is 8.03. The maximum Gasteiger partial charge on any atom is 0.318 e. The Morgan fingerprint density at radius 1 is 1.10 bits per heavy atom. The van der Waals surface area contributed by atoms with Crippen LogP contribution in [0.25, 0.3) is 11.3 Å². The molecule has 10 nitrogen and oxygen atoms in total. The highest BCUT2D eigenvalue weighted by atomic mass is 16.5. The number of hydrogen-bond acceptors (Lipinski definition) is 7. The van der Waals surface area contributed by atoms with Gasteiger partial charge in [-0.1, -0.05) is 18.6 Å². The molecule has 2 amide bonds. The van der Waals surface area contributed by atoms with E-state index < -0.39 is 0 Å². The highest BCUT2D eigenvalue weighted by Crippen LogP contribution is 2.33. The normalized spacial score (nSPS) is 20.2. The van der Waals surface area contributed by atoms with Crippen molar-refractivity contribution in [3.05, 3.63) is 54.0 Å². The first kappa shape index (κ1) is 27.7. The van der Waals surface area contributed by atoms with Gasteiger partial charge in [0.25, 0.3) is 0 Å². The number of aryl methyl sites for hydroxylation is 1. The van der Waals surface area contributed by atoms with Crippen LogP contribution in [0, 0.1) is 0 Å². The summed E-state index contributed by atoms with van der Waals surface area (Å²) in [4.78, 5) is 24.1. The van der Waals surface area contributed by atoms with Gasteiger partial charge in [0.15, 0.2) is 0 Å². The number of fused-ring (bicyclic) bond motifs is 1. The second kappa shape index (κ2) is 11.8. The van der Waals surface area contributed by atoms with Crippen LogP contribution in [0.4, 0.5) is 16.4 Å². The van der Waals surface area contributed by atoms with Crippen molar-refractivity contribution in [3.8, 4) is 11.3 Å². The van der Waals surface area contributed by atoms with Crippen LogP contribution in [0.3, 0.4) is 0 Å². The van der Waals surface area contributed by atoms with Gasteiger partial charge in [-0.15, -0.1) is 0 Å². The summed E-state index contributed by atoms with van der Waals surface area (Å²) in [6.07, 6.45) is 11.8. The van der Waals surface area contributed by atoms with Crippen LogP contribution in [-0.2, 0) is 15.9 Å². The van der Waals surface area contributed by atoms with Crippen LogP contribution < -0.4 is 10.6 Å². The molecule has 4 heterocycles. The van der Waals surface area contributed by atoms with E-state index in [1.165, 1.54) is 11.1 Å². The molecule has 10 heteroatoms. The van der Waals surface area contributed by atoms with E-state index in [0.29, 0.717) is 25.1 Å². The summed E-state index contributed by atoms with van der Waals surface area (Å²) in [6.45, 7) is 8.99. The number of carbonyl (C=O) groups is 1. The Balaban J connectivity index is 1.12. The molecule has 2 aromatic heterocycles. The number of ether oxygens (including phenoxy) is 2. The smallest absolute Gasteiger partial charge is 0.318 e. The number of nitrogens with zero attached hydrogens (tertiary/aromatic N) is 5. The standard InChI is InChI=1S/C31H41N7O3/c1-31(2,3)41-25-19-37(20-25)30(39)36-28-7-5-4-6-21-16-22(8-9-26(21)28)27-10-13-32-29(35-27)34-23-17-33-38(18-23)24-11-14-40-15-12-24/h8-10,13,16-18,24-25,28H,4-7,11-12,14-15,19-20H2,1-3H3,(H,36,39)(H,32,34,35). The van der Waals surface area contributed by atoms with Crippen LogP contribution >= 0.6 is 0 Å². The van der Waals surface area contributed by atoms with Gasteiger partial charge in [-0.3, -0.25) is 4.68 Å². The van der Waals surface area contributed by atoms with Crippen molar-refractivity contribution in [1.82, 2.24) is 30.0 Å². The Bertz CT molecular complexity index is 1360. The van der Waals surface area contributed by atoms with Gasteiger partial charge < -0.3 is 25.0 Å². The molecule has 0 radical (unpaired) electrons. The molecule has 3 aromatic rings. The summed E-state index contributed by atoms with van der Waals surface area (Å²) in [5.41, 5.74) is 5.05. The SMILES string of the molecule is CC(C)(C)OC1CN(C(=O)NC2CCCCc3cc(-c4ccnc(Nc5cnn(C6CCOCC6)c5)n4)ccc32)C1. The molecule has 0 spiro atoms. The lowest BCUT2D eigenvalue weighted by Gasteiger charge is -2.42. The van der Waals surface area contributed by atoms with Crippen molar-refractivity contribution in [3.63, 3.8) is 0 Å². The van der Waals surface area contributed by atoms with E-state index in [0.717, 1.165) is 68.7 Å². The molecule has 1 unspecified atom stereocenters. The van der Waals surface area contributed by atoms with Crippen molar-refractivity contribution in [2.45, 2.75) is 83.1 Å². The van der Waals surface area contributed by atoms with Crippen LogP contribution in [0.15, 0.2) is 42.9 Å². The van der Waals surface area contributed by atoms with Crippen LogP contribution in [0.1, 0.15) is 76.1 Å². The van der Waals surface area contributed by atoms with E-state index in [9.17, 15) is 4.79 Å². The zero-order valence-electron chi connectivity index (χ0n) is 24.3. The summed E-state index contributed by atoms with van der Waals surface area (Å²) in [6, 6.07) is 8.80. The lowest BCUT2D eigenvalue weighted by Crippen LogP contribution is -2.59. The molecule has 1 aromatic carbocycles. The van der Waals surface area contributed by atoms with Crippen molar-refractivity contribution in [1.29, 1.82) is 0 Å². The Hall–Kier alpha value is -3.50. The highest BCUT2D eigenvalue weighted by molar-refractivity contribution is 5.76. The molecular formula is C31H41N7O3. The fraction of sp³-hybridized carbons (Fsp3) is 0.548. The third kappa shape index (κ3) is 6.70. The zero-order valence-corrected chi connectivity index (χ0v) is 24.3. The van der Waals surface area contributed by atoms with Gasteiger partial charge in [-0.25, -0.2) is 14.8 Å². The molecule has 1 aliphatic carbocycles. The summed E-state index contributed by atoms with van der Waals surface area (Å²) in [5, 5.41) is 11.2. The molecule has 2 fully saturated rings. The number of anilines is 2. The van der Waals surface area contributed by atoms with E-state index in [2.05, 4.69) is 59.7 Å². The molecule has 3 aliphatic rings. The van der Waals surface area contributed by atoms with E-state index in [-0.39, 0.29) is 23.8 Å². The molecule has 2 N–H and O–H groups in total. The lowest BCUT2D eigenvalue weighted by atomic mass is 9.95. The topological polar surface area (TPSA) is 106 Å². The molecular weight excluding hydrogens is 518 g/mol. The second-order valence-corrected chi connectivity index (χ2v) is 12.4. The van der Waals surface area contributed by atoms with Crippen LogP contribution in [-0.4, -0.2) is 68.7 Å². The Labute approximate surface area is 241 Å². The number of nitrogens with one attached hydrogen (secondary N) is 2. The van der Waals surface area contributed by atoms with E-state index >= 15 is 0 Å². The number of urea groups is 1. The first-order valence-corrected chi connectivity index (χ1v) is 14.9. The maximum atomic E-state index is 13.0. The summed E-state index contributed by atoms with van der Waals surface area (Å²) >= 11 is 0. The van der Waals surface area contributed by atoms with E-state index in [4.69, 9.17) is 14.5 Å². The van der Waals surface area contributed by atoms with Crippen LogP contribution in [0.5, 0.6) is 0 Å². The van der Waals surface area contributed by atoms with Gasteiger partial charge in [-0.2, -0.15) is 5.10 Å². The van der Waals surface area contributed by atoms with Gasteiger partial charge in [0, 0.05) is 31.2 Å². The molecule has 0 bridgehead atoms. The minimum absolute atomic E-state index is 0.00604. The molecule has 1 atom stereocenters. The van der Waals surface area contributed by atoms with Gasteiger partial charge in [0.2, 0.25) is 5.95 Å². The van der Waals surface area contributed by atoms with Gasteiger partial charge >= 0.3 is 6.03 Å². The molecule has 2 saturated heterocycles. The average molecular weight is 560 g/mol. The third-order valence-electron chi connectivity index (χ3n) is 8.03. The second-order valence-electron chi connectivity index (χ2n) is 12.4. The molecule has 6 rings (SSSR count). The summed E-state index contributed by atoms with van der Waals surface area (Å²) in [7, 11) is 0. The average Bonchev–Trinajstić information content (AvgIpc) is 3.31. The Kier molecular flexibility index (Phi) is 7.94. The number of rotatable bonds is 6. The number of aromatic nitrogens is 4. The Morgan fingerprint density at radius 2 is 1.93 bits per heavy atom. The minimum atomic E-state index is -0.195. The molecule has 2 aliphatic heterocycles. The van der Waals surface area contributed by atoms with E-state index in [1.807, 2.05) is 28.0 Å². The number of hydrogen-bond donors (Lipinski definition) is 2. The summed E-state index contributed by atoms with van der Waals surface area (Å²) in [5.74, 6) is 0.539. The largest absolute Gasteiger partial charge is 0.381 e. The number of likely N-dealkylation sites (tertiary alicyclic amines) is 1. The minimum Gasteiger partial charge on any atom is -0.381 e. The number of carbonyl (C=O) groups excluding carboxylic acids is 1. The van der Waals surface area contributed by atoms with Gasteiger partial charge in [-0.05, 0) is 76.1 Å². The molecule has 0 saturated carbocycles. The first-order chi connectivity index (χ1) is 19.8. The van der Waals surface area contributed by atoms with Crippen molar-refractivity contribution in [2.24, 2.45) is 0 Å². The monoisotopic (exact) mass is 559 g/mol. The van der Waals surface area contributed by atoms with Gasteiger partial charge in [0.05, 0.1) is 54.5 Å². The number of amides is 2. The Morgan fingerprint density at radius 3 is 2.73 bits per heavy atom. The predicted octanol–water partition coefficient (Wildman–Crippen LogP) is 5.41. The predicted molar refractivity (Wildman–Crippen MR) is 157 cm³/mol. The van der Waals surface area contributed by atoms with E-state index in [1.54, 1.807) is 6.20 Å². The fourth-order valence-electron chi connectivity index (χ4n) is 5.97. The first-order valence-electron chi connectivity index (χ1n) is 14.9. The number of benzene rings is 1. The summed E-state index contributed by atoms with van der Waals surface area (Å²) < 4.78 is 13.5. The van der Waals surface area contributed by atoms with Crippen molar-refractivity contribution < 1.29 is 14.3 Å². The fourth-order valence-corrected chi connectivity index (χ4v) is 5.97.